The molecule has 0 unspecified atom stereocenters. The van der Waals surface area contributed by atoms with Crippen molar-refractivity contribution in [3.8, 4) is 22.4 Å². The van der Waals surface area contributed by atoms with E-state index in [1.807, 2.05) is 78.9 Å². The van der Waals surface area contributed by atoms with Crippen LogP contribution in [0.25, 0.3) is 22.4 Å². The van der Waals surface area contributed by atoms with Gasteiger partial charge in [-0.1, -0.05) is 72.8 Å². The van der Waals surface area contributed by atoms with Gasteiger partial charge in [-0.2, -0.15) is 0 Å². The molecule has 1 amide bonds. The van der Waals surface area contributed by atoms with E-state index < -0.39 is 0 Å². The Kier molecular flexibility index (Phi) is 4.35. The minimum atomic E-state index is -0.155. The lowest BCUT2D eigenvalue weighted by molar-refractivity contribution is 0.102. The van der Waals surface area contributed by atoms with Crippen LogP contribution < -0.4 is 5.32 Å². The standard InChI is InChI=1S/C23H18N2O/c26-23(22-15-14-21(25-22)18-10-5-2-6-11-18)24-20-13-7-12-19(16-20)17-8-3-1-4-9-17/h1-16,25H,(H,24,26). The van der Waals surface area contributed by atoms with Crippen molar-refractivity contribution in [1.82, 2.24) is 4.98 Å². The van der Waals surface area contributed by atoms with Crippen LogP contribution >= 0.6 is 0 Å². The number of aromatic amines is 1. The highest BCUT2D eigenvalue weighted by molar-refractivity contribution is 6.03. The van der Waals surface area contributed by atoms with Gasteiger partial charge in [0.05, 0.1) is 0 Å². The number of aromatic nitrogens is 1. The fraction of sp³-hybridized carbons (Fsp3) is 0. The van der Waals surface area contributed by atoms with Gasteiger partial charge in [-0.25, -0.2) is 0 Å². The van der Waals surface area contributed by atoms with Crippen LogP contribution in [0.3, 0.4) is 0 Å². The van der Waals surface area contributed by atoms with Crippen molar-refractivity contribution in [2.45, 2.75) is 0 Å². The van der Waals surface area contributed by atoms with E-state index in [9.17, 15) is 4.79 Å². The zero-order chi connectivity index (χ0) is 17.8. The second-order valence-electron chi connectivity index (χ2n) is 6.05. The Bertz CT molecular complexity index is 1020. The molecule has 0 aliphatic rings. The van der Waals surface area contributed by atoms with Crippen LogP contribution in [0.15, 0.2) is 97.1 Å². The molecule has 3 nitrogen and oxygen atoms in total. The van der Waals surface area contributed by atoms with Gasteiger partial charge in [0, 0.05) is 11.4 Å². The van der Waals surface area contributed by atoms with E-state index in [2.05, 4.69) is 22.4 Å². The number of amides is 1. The molecule has 0 saturated carbocycles. The zero-order valence-corrected chi connectivity index (χ0v) is 14.1. The lowest BCUT2D eigenvalue weighted by Gasteiger charge is -2.07. The molecule has 0 fully saturated rings. The first-order valence-electron chi connectivity index (χ1n) is 8.51. The van der Waals surface area contributed by atoms with Crippen molar-refractivity contribution in [3.63, 3.8) is 0 Å². The van der Waals surface area contributed by atoms with Crippen LogP contribution in [0.5, 0.6) is 0 Å². The number of rotatable bonds is 4. The first-order chi connectivity index (χ1) is 12.8. The average molecular weight is 338 g/mol. The van der Waals surface area contributed by atoms with E-state index >= 15 is 0 Å². The Labute approximate surface area is 152 Å². The van der Waals surface area contributed by atoms with Gasteiger partial charge in [-0.15, -0.1) is 0 Å². The minimum Gasteiger partial charge on any atom is -0.351 e. The second kappa shape index (κ2) is 7.11. The Morgan fingerprint density at radius 1 is 0.654 bits per heavy atom. The summed E-state index contributed by atoms with van der Waals surface area (Å²) in [5, 5.41) is 2.96. The van der Waals surface area contributed by atoms with E-state index in [1.165, 1.54) is 0 Å². The maximum Gasteiger partial charge on any atom is 0.272 e. The molecule has 0 spiro atoms. The molecular formula is C23H18N2O. The summed E-state index contributed by atoms with van der Waals surface area (Å²) >= 11 is 0. The largest absolute Gasteiger partial charge is 0.351 e. The van der Waals surface area contributed by atoms with Gasteiger partial charge < -0.3 is 10.3 Å². The van der Waals surface area contributed by atoms with Crippen molar-refractivity contribution in [3.05, 3.63) is 103 Å². The number of hydrogen-bond acceptors (Lipinski definition) is 1. The van der Waals surface area contributed by atoms with Gasteiger partial charge in [0.1, 0.15) is 5.69 Å². The average Bonchev–Trinajstić information content (AvgIpc) is 3.20. The molecule has 0 aliphatic carbocycles. The summed E-state index contributed by atoms with van der Waals surface area (Å²) < 4.78 is 0. The van der Waals surface area contributed by atoms with Crippen LogP contribution in [0, 0.1) is 0 Å². The third-order valence-electron chi connectivity index (χ3n) is 4.24. The van der Waals surface area contributed by atoms with Gasteiger partial charge in [-0.3, -0.25) is 4.79 Å². The van der Waals surface area contributed by atoms with Gasteiger partial charge in [0.15, 0.2) is 0 Å². The summed E-state index contributed by atoms with van der Waals surface area (Å²) in [7, 11) is 0. The van der Waals surface area contributed by atoms with Gasteiger partial charge >= 0.3 is 0 Å². The number of carbonyl (C=O) groups excluding carboxylic acids is 1. The molecule has 0 radical (unpaired) electrons. The third-order valence-corrected chi connectivity index (χ3v) is 4.24. The van der Waals surface area contributed by atoms with E-state index in [0.717, 1.165) is 28.1 Å². The number of benzene rings is 3. The predicted molar refractivity (Wildman–Crippen MR) is 106 cm³/mol. The molecular weight excluding hydrogens is 320 g/mol. The van der Waals surface area contributed by atoms with Crippen LogP contribution in [-0.2, 0) is 0 Å². The first-order valence-corrected chi connectivity index (χ1v) is 8.51. The topological polar surface area (TPSA) is 44.9 Å². The van der Waals surface area contributed by atoms with E-state index in [1.54, 1.807) is 6.07 Å². The predicted octanol–water partition coefficient (Wildman–Crippen LogP) is 5.60. The molecule has 26 heavy (non-hydrogen) atoms. The third kappa shape index (κ3) is 3.42. The lowest BCUT2D eigenvalue weighted by atomic mass is 10.1. The second-order valence-corrected chi connectivity index (χ2v) is 6.05. The van der Waals surface area contributed by atoms with Gasteiger partial charge in [0.25, 0.3) is 5.91 Å². The lowest BCUT2D eigenvalue weighted by Crippen LogP contribution is -2.12. The smallest absolute Gasteiger partial charge is 0.272 e. The zero-order valence-electron chi connectivity index (χ0n) is 14.1. The fourth-order valence-electron chi connectivity index (χ4n) is 2.92. The van der Waals surface area contributed by atoms with E-state index in [-0.39, 0.29) is 5.91 Å². The van der Waals surface area contributed by atoms with Crippen LogP contribution in [0.2, 0.25) is 0 Å². The summed E-state index contributed by atoms with van der Waals surface area (Å²) in [6.07, 6.45) is 0. The summed E-state index contributed by atoms with van der Waals surface area (Å²) in [4.78, 5) is 15.7. The highest BCUT2D eigenvalue weighted by atomic mass is 16.1. The quantitative estimate of drug-likeness (QED) is 0.500. The SMILES string of the molecule is O=C(Nc1cccc(-c2ccccc2)c1)c1ccc(-c2ccccc2)[nH]1. The number of nitrogens with one attached hydrogen (secondary N) is 2. The van der Waals surface area contributed by atoms with Crippen LogP contribution in [0.1, 0.15) is 10.5 Å². The highest BCUT2D eigenvalue weighted by Crippen LogP contribution is 2.23. The fourth-order valence-corrected chi connectivity index (χ4v) is 2.92. The Morgan fingerprint density at radius 3 is 2.04 bits per heavy atom. The summed E-state index contributed by atoms with van der Waals surface area (Å²) in [6, 6.07) is 31.6. The molecule has 3 aromatic carbocycles. The number of carbonyl (C=O) groups is 1. The Hall–Kier alpha value is -3.59. The highest BCUT2D eigenvalue weighted by Gasteiger charge is 2.10. The monoisotopic (exact) mass is 338 g/mol. The Morgan fingerprint density at radius 2 is 1.31 bits per heavy atom. The molecule has 1 aromatic heterocycles. The van der Waals surface area contributed by atoms with Crippen molar-refractivity contribution in [2.24, 2.45) is 0 Å². The van der Waals surface area contributed by atoms with E-state index in [0.29, 0.717) is 5.69 Å². The van der Waals surface area contributed by atoms with Gasteiger partial charge in [0.2, 0.25) is 0 Å². The summed E-state index contributed by atoms with van der Waals surface area (Å²) in [5.74, 6) is -0.155. The molecule has 2 N–H and O–H groups in total. The molecule has 0 aliphatic heterocycles. The molecule has 0 saturated heterocycles. The molecule has 4 rings (SSSR count). The molecule has 126 valence electrons. The normalized spacial score (nSPS) is 10.5. The minimum absolute atomic E-state index is 0.155. The van der Waals surface area contributed by atoms with Gasteiger partial charge in [-0.05, 0) is 41.0 Å². The molecule has 4 aromatic rings. The molecule has 0 atom stereocenters. The van der Waals surface area contributed by atoms with Crippen molar-refractivity contribution >= 4 is 11.6 Å². The van der Waals surface area contributed by atoms with Crippen molar-refractivity contribution < 1.29 is 4.79 Å². The van der Waals surface area contributed by atoms with Crippen LogP contribution in [0.4, 0.5) is 5.69 Å². The number of anilines is 1. The summed E-state index contributed by atoms with van der Waals surface area (Å²) in [5.41, 5.74) is 5.47. The molecule has 3 heteroatoms. The summed E-state index contributed by atoms with van der Waals surface area (Å²) in [6.45, 7) is 0. The maximum atomic E-state index is 12.6. The molecule has 0 bridgehead atoms. The van der Waals surface area contributed by atoms with Crippen molar-refractivity contribution in [1.29, 1.82) is 0 Å². The first kappa shape index (κ1) is 15.9. The van der Waals surface area contributed by atoms with E-state index in [4.69, 9.17) is 0 Å². The Balaban J connectivity index is 1.53. The molecule has 1 heterocycles. The maximum absolute atomic E-state index is 12.6. The number of H-pyrrole nitrogens is 1. The van der Waals surface area contributed by atoms with Crippen molar-refractivity contribution in [2.75, 3.05) is 5.32 Å². The van der Waals surface area contributed by atoms with Crippen LogP contribution in [-0.4, -0.2) is 10.9 Å². The number of hydrogen-bond donors (Lipinski definition) is 2.